The summed E-state index contributed by atoms with van der Waals surface area (Å²) in [5.74, 6) is -0.438. The third-order valence-electron chi connectivity index (χ3n) is 2.10. The number of hydrogen-bond acceptors (Lipinski definition) is 6. The lowest BCUT2D eigenvalue weighted by Crippen LogP contribution is -2.05. The molecule has 0 aliphatic carbocycles. The van der Waals surface area contributed by atoms with E-state index in [9.17, 15) is 4.79 Å². The smallest absolute Gasteiger partial charge is 0.356 e. The van der Waals surface area contributed by atoms with E-state index >= 15 is 0 Å². The molecule has 2 heterocycles. The third kappa shape index (κ3) is 3.01. The van der Waals surface area contributed by atoms with Gasteiger partial charge in [0.05, 0.1) is 19.2 Å². The summed E-state index contributed by atoms with van der Waals surface area (Å²) < 4.78 is 4.60. The van der Waals surface area contributed by atoms with Gasteiger partial charge in [0.2, 0.25) is 0 Å². The Morgan fingerprint density at radius 3 is 3.18 bits per heavy atom. The molecule has 0 aromatic carbocycles. The minimum absolute atomic E-state index is 0.293. The molecule has 2 aromatic rings. The van der Waals surface area contributed by atoms with E-state index in [-0.39, 0.29) is 0 Å². The van der Waals surface area contributed by atoms with Gasteiger partial charge in [0.25, 0.3) is 0 Å². The molecule has 2 rings (SSSR count). The van der Waals surface area contributed by atoms with Gasteiger partial charge in [0.1, 0.15) is 5.69 Å². The van der Waals surface area contributed by atoms with E-state index in [4.69, 9.17) is 0 Å². The van der Waals surface area contributed by atoms with Crippen molar-refractivity contribution in [2.75, 3.05) is 12.4 Å². The van der Waals surface area contributed by atoms with Gasteiger partial charge in [-0.05, 0) is 12.1 Å². The predicted molar refractivity (Wildman–Crippen MR) is 65.0 cm³/mol. The molecule has 2 aromatic heterocycles. The summed E-state index contributed by atoms with van der Waals surface area (Å²) in [6.45, 7) is 0.676. The lowest BCUT2D eigenvalue weighted by molar-refractivity contribution is 0.0594. The van der Waals surface area contributed by atoms with E-state index in [0.29, 0.717) is 12.2 Å². The van der Waals surface area contributed by atoms with E-state index in [2.05, 4.69) is 20.0 Å². The largest absolute Gasteiger partial charge is 0.464 e. The number of carbonyl (C=O) groups excluding carboxylic acids is 1. The van der Waals surface area contributed by atoms with Gasteiger partial charge in [-0.15, -0.1) is 11.3 Å². The predicted octanol–water partition coefficient (Wildman–Crippen LogP) is 1.94. The van der Waals surface area contributed by atoms with Gasteiger partial charge in [-0.2, -0.15) is 0 Å². The molecule has 88 valence electrons. The molecule has 0 bridgehead atoms. The summed E-state index contributed by atoms with van der Waals surface area (Å²) in [6.07, 6.45) is 3.38. The number of nitrogens with one attached hydrogen (secondary N) is 1. The number of ether oxygens (including phenoxy) is 1. The van der Waals surface area contributed by atoms with Crippen LogP contribution in [0, 0.1) is 0 Å². The van der Waals surface area contributed by atoms with Crippen molar-refractivity contribution in [2.24, 2.45) is 0 Å². The van der Waals surface area contributed by atoms with E-state index in [0.717, 1.165) is 10.6 Å². The highest BCUT2D eigenvalue weighted by molar-refractivity contribution is 7.09. The maximum atomic E-state index is 11.3. The lowest BCUT2D eigenvalue weighted by atomic mass is 10.3. The SMILES string of the molecule is COC(=O)c1cc(NCc2cncs2)ccn1. The number of rotatable bonds is 4. The normalized spacial score (nSPS) is 9.94. The standard InChI is InChI=1S/C11H11N3O2S/c1-16-11(15)10-4-8(2-3-13-10)14-6-9-5-12-7-17-9/h2-5,7H,6H2,1H3,(H,13,14). The number of thiazole rings is 1. The first-order valence-corrected chi connectivity index (χ1v) is 5.83. The Bertz CT molecular complexity index is 499. The van der Waals surface area contributed by atoms with Crippen molar-refractivity contribution in [3.63, 3.8) is 0 Å². The first-order valence-electron chi connectivity index (χ1n) is 4.95. The molecule has 0 radical (unpaired) electrons. The van der Waals surface area contributed by atoms with Crippen LogP contribution in [0.25, 0.3) is 0 Å². The Balaban J connectivity index is 2.03. The van der Waals surface area contributed by atoms with Gasteiger partial charge < -0.3 is 10.1 Å². The summed E-state index contributed by atoms with van der Waals surface area (Å²) >= 11 is 1.58. The molecule has 0 unspecified atom stereocenters. The molecule has 5 nitrogen and oxygen atoms in total. The van der Waals surface area contributed by atoms with Crippen LogP contribution >= 0.6 is 11.3 Å². The first kappa shape index (κ1) is 11.5. The first-order chi connectivity index (χ1) is 8.29. The van der Waals surface area contributed by atoms with Crippen molar-refractivity contribution in [2.45, 2.75) is 6.54 Å². The van der Waals surface area contributed by atoms with Gasteiger partial charge in [0.15, 0.2) is 0 Å². The summed E-state index contributed by atoms with van der Waals surface area (Å²) in [6, 6.07) is 3.46. The Morgan fingerprint density at radius 2 is 2.47 bits per heavy atom. The van der Waals surface area contributed by atoms with Gasteiger partial charge in [-0.3, -0.25) is 4.98 Å². The summed E-state index contributed by atoms with van der Waals surface area (Å²) in [5.41, 5.74) is 2.90. The van der Waals surface area contributed by atoms with Crippen molar-refractivity contribution >= 4 is 23.0 Å². The lowest BCUT2D eigenvalue weighted by Gasteiger charge is -2.05. The van der Waals surface area contributed by atoms with Gasteiger partial charge in [0, 0.05) is 23.0 Å². The van der Waals surface area contributed by atoms with Crippen LogP contribution < -0.4 is 5.32 Å². The van der Waals surface area contributed by atoms with Crippen LogP contribution in [0.4, 0.5) is 5.69 Å². The average molecular weight is 249 g/mol. The van der Waals surface area contributed by atoms with Crippen molar-refractivity contribution in [3.8, 4) is 0 Å². The molecule has 0 amide bonds. The number of aromatic nitrogens is 2. The number of hydrogen-bond donors (Lipinski definition) is 1. The number of methoxy groups -OCH3 is 1. The number of nitrogens with zero attached hydrogens (tertiary/aromatic N) is 2. The van der Waals surface area contributed by atoms with Crippen molar-refractivity contribution in [3.05, 3.63) is 40.6 Å². The molecule has 0 saturated heterocycles. The highest BCUT2D eigenvalue weighted by Crippen LogP contribution is 2.12. The van der Waals surface area contributed by atoms with Crippen molar-refractivity contribution in [1.29, 1.82) is 0 Å². The van der Waals surface area contributed by atoms with Crippen LogP contribution in [0.15, 0.2) is 30.0 Å². The number of esters is 1. The fraction of sp³-hybridized carbons (Fsp3) is 0.182. The maximum absolute atomic E-state index is 11.3. The van der Waals surface area contributed by atoms with E-state index < -0.39 is 5.97 Å². The second-order valence-electron chi connectivity index (χ2n) is 3.24. The van der Waals surface area contributed by atoms with Crippen LogP contribution in [-0.4, -0.2) is 23.0 Å². The van der Waals surface area contributed by atoms with Crippen LogP contribution in [0.1, 0.15) is 15.4 Å². The minimum atomic E-state index is -0.438. The molecule has 0 fully saturated rings. The number of pyridine rings is 1. The van der Waals surface area contributed by atoms with Crippen LogP contribution in [0.3, 0.4) is 0 Å². The number of carbonyl (C=O) groups is 1. The highest BCUT2D eigenvalue weighted by Gasteiger charge is 2.07. The van der Waals surface area contributed by atoms with Gasteiger partial charge in [-0.1, -0.05) is 0 Å². The highest BCUT2D eigenvalue weighted by atomic mass is 32.1. The summed E-state index contributed by atoms with van der Waals surface area (Å²) in [4.78, 5) is 20.3. The molecule has 1 N–H and O–H groups in total. The Labute approximate surface area is 102 Å². The van der Waals surface area contributed by atoms with Crippen molar-refractivity contribution in [1.82, 2.24) is 9.97 Å². The third-order valence-corrected chi connectivity index (χ3v) is 2.88. The second kappa shape index (κ2) is 5.40. The van der Waals surface area contributed by atoms with E-state index in [1.54, 1.807) is 41.4 Å². The molecular weight excluding hydrogens is 238 g/mol. The monoisotopic (exact) mass is 249 g/mol. The molecule has 6 heteroatoms. The zero-order chi connectivity index (χ0) is 12.1. The number of anilines is 1. The second-order valence-corrected chi connectivity index (χ2v) is 4.21. The van der Waals surface area contributed by atoms with Gasteiger partial charge >= 0.3 is 5.97 Å². The molecule has 0 atom stereocenters. The van der Waals surface area contributed by atoms with Crippen molar-refractivity contribution < 1.29 is 9.53 Å². The Morgan fingerprint density at radius 1 is 1.59 bits per heavy atom. The molecule has 17 heavy (non-hydrogen) atoms. The summed E-state index contributed by atoms with van der Waals surface area (Å²) in [5, 5.41) is 3.19. The Hall–Kier alpha value is -1.95. The van der Waals surface area contributed by atoms with Gasteiger partial charge in [-0.25, -0.2) is 9.78 Å². The summed E-state index contributed by atoms with van der Waals surface area (Å²) in [7, 11) is 1.33. The minimum Gasteiger partial charge on any atom is -0.464 e. The quantitative estimate of drug-likeness (QED) is 0.839. The molecule has 0 aliphatic rings. The molecule has 0 saturated carbocycles. The van der Waals surface area contributed by atoms with Crippen LogP contribution in [0.2, 0.25) is 0 Å². The van der Waals surface area contributed by atoms with Crippen LogP contribution in [0.5, 0.6) is 0 Å². The Kier molecular flexibility index (Phi) is 3.66. The maximum Gasteiger partial charge on any atom is 0.356 e. The van der Waals surface area contributed by atoms with E-state index in [1.165, 1.54) is 7.11 Å². The zero-order valence-corrected chi connectivity index (χ0v) is 10.0. The fourth-order valence-electron chi connectivity index (χ4n) is 1.28. The molecule has 0 aliphatic heterocycles. The van der Waals surface area contributed by atoms with Crippen LogP contribution in [-0.2, 0) is 11.3 Å². The van der Waals surface area contributed by atoms with E-state index in [1.807, 2.05) is 0 Å². The molecule has 0 spiro atoms. The topological polar surface area (TPSA) is 64.1 Å². The average Bonchev–Trinajstić information content (AvgIpc) is 2.89. The zero-order valence-electron chi connectivity index (χ0n) is 9.21. The fourth-order valence-corrected chi connectivity index (χ4v) is 1.81. The molecular formula is C11H11N3O2S.